The molecule has 0 spiro atoms. The molecule has 0 aliphatic heterocycles. The monoisotopic (exact) mass is 234 g/mol. The molecule has 0 fully saturated rings. The molecule has 17 heavy (non-hydrogen) atoms. The molecule has 1 aliphatic rings. The van der Waals surface area contributed by atoms with Crippen LogP contribution in [0, 0.1) is 17.3 Å². The maximum atomic E-state index is 12.1. The molecular weight excluding hydrogens is 212 g/mol. The first-order valence-electron chi connectivity index (χ1n) is 6.31. The van der Waals surface area contributed by atoms with E-state index >= 15 is 0 Å². The van der Waals surface area contributed by atoms with Gasteiger partial charge in [-0.3, -0.25) is 4.79 Å². The molecular formula is C15H22O2. The fourth-order valence-electron chi connectivity index (χ4n) is 1.71. The van der Waals surface area contributed by atoms with Crippen LogP contribution in [0.3, 0.4) is 0 Å². The molecule has 2 heteroatoms. The SMILES string of the molecule is CC#CC1(OC(=O)C(C)(C)CC)C=CCCC1. The second-order valence-electron chi connectivity index (χ2n) is 5.19. The Labute approximate surface area is 104 Å². The van der Waals surface area contributed by atoms with Crippen LogP contribution >= 0.6 is 0 Å². The van der Waals surface area contributed by atoms with Crippen LogP contribution in [0.2, 0.25) is 0 Å². The zero-order valence-corrected chi connectivity index (χ0v) is 11.3. The fraction of sp³-hybridized carbons (Fsp3) is 0.667. The molecule has 94 valence electrons. The van der Waals surface area contributed by atoms with Gasteiger partial charge in [0.2, 0.25) is 0 Å². The Morgan fingerprint density at radius 1 is 1.53 bits per heavy atom. The average Bonchev–Trinajstić information content (AvgIpc) is 2.30. The van der Waals surface area contributed by atoms with E-state index in [1.807, 2.05) is 26.8 Å². The third kappa shape index (κ3) is 3.36. The normalized spacial score (nSPS) is 23.8. The first-order valence-corrected chi connectivity index (χ1v) is 6.31. The van der Waals surface area contributed by atoms with E-state index in [0.29, 0.717) is 0 Å². The summed E-state index contributed by atoms with van der Waals surface area (Å²) in [5.41, 5.74) is -1.12. The fourth-order valence-corrected chi connectivity index (χ4v) is 1.71. The quantitative estimate of drug-likeness (QED) is 0.424. The largest absolute Gasteiger partial charge is 0.442 e. The number of hydrogen-bond acceptors (Lipinski definition) is 2. The Morgan fingerprint density at radius 2 is 2.24 bits per heavy atom. The second kappa shape index (κ2) is 5.40. The number of carbonyl (C=O) groups excluding carboxylic acids is 1. The number of allylic oxidation sites excluding steroid dienone is 1. The molecule has 1 atom stereocenters. The van der Waals surface area contributed by atoms with Crippen LogP contribution in [0.25, 0.3) is 0 Å². The van der Waals surface area contributed by atoms with E-state index in [2.05, 4.69) is 17.9 Å². The Hall–Kier alpha value is -1.23. The molecule has 1 rings (SSSR count). The minimum absolute atomic E-state index is 0.158. The van der Waals surface area contributed by atoms with E-state index in [1.54, 1.807) is 6.92 Å². The van der Waals surface area contributed by atoms with E-state index in [0.717, 1.165) is 25.7 Å². The van der Waals surface area contributed by atoms with E-state index in [1.165, 1.54) is 0 Å². The highest BCUT2D eigenvalue weighted by atomic mass is 16.6. The van der Waals surface area contributed by atoms with Crippen molar-refractivity contribution in [2.45, 2.75) is 59.0 Å². The van der Waals surface area contributed by atoms with Gasteiger partial charge in [0.25, 0.3) is 0 Å². The maximum absolute atomic E-state index is 12.1. The summed E-state index contributed by atoms with van der Waals surface area (Å²) in [6, 6.07) is 0. The zero-order valence-electron chi connectivity index (χ0n) is 11.3. The predicted molar refractivity (Wildman–Crippen MR) is 69.3 cm³/mol. The number of hydrogen-bond donors (Lipinski definition) is 0. The van der Waals surface area contributed by atoms with Gasteiger partial charge < -0.3 is 4.74 Å². The van der Waals surface area contributed by atoms with Gasteiger partial charge in [-0.15, -0.1) is 5.92 Å². The van der Waals surface area contributed by atoms with Crippen molar-refractivity contribution in [3.63, 3.8) is 0 Å². The molecule has 0 aromatic rings. The number of ether oxygens (including phenoxy) is 1. The Morgan fingerprint density at radius 3 is 2.71 bits per heavy atom. The number of carbonyl (C=O) groups is 1. The summed E-state index contributed by atoms with van der Waals surface area (Å²) in [7, 11) is 0. The summed E-state index contributed by atoms with van der Waals surface area (Å²) in [5.74, 6) is 5.76. The smallest absolute Gasteiger partial charge is 0.313 e. The summed E-state index contributed by atoms with van der Waals surface area (Å²) < 4.78 is 5.68. The van der Waals surface area contributed by atoms with Crippen molar-refractivity contribution >= 4 is 5.97 Å². The lowest BCUT2D eigenvalue weighted by molar-refractivity contribution is -0.162. The highest BCUT2D eigenvalue weighted by molar-refractivity contribution is 5.77. The Kier molecular flexibility index (Phi) is 4.40. The lowest BCUT2D eigenvalue weighted by atomic mass is 9.88. The van der Waals surface area contributed by atoms with Gasteiger partial charge in [0.05, 0.1) is 5.41 Å². The predicted octanol–water partition coefficient (Wildman–Crippen LogP) is 3.47. The van der Waals surface area contributed by atoms with Crippen LogP contribution in [0.15, 0.2) is 12.2 Å². The lowest BCUT2D eigenvalue weighted by Crippen LogP contribution is -2.38. The lowest BCUT2D eigenvalue weighted by Gasteiger charge is -2.32. The van der Waals surface area contributed by atoms with Gasteiger partial charge in [0.1, 0.15) is 0 Å². The third-order valence-corrected chi connectivity index (χ3v) is 3.35. The minimum atomic E-state index is -0.684. The van der Waals surface area contributed by atoms with Crippen LogP contribution in [-0.2, 0) is 9.53 Å². The van der Waals surface area contributed by atoms with Gasteiger partial charge in [0, 0.05) is 6.42 Å². The molecule has 1 aliphatic carbocycles. The van der Waals surface area contributed by atoms with Crippen LogP contribution in [0.5, 0.6) is 0 Å². The van der Waals surface area contributed by atoms with Crippen molar-refractivity contribution in [1.29, 1.82) is 0 Å². The van der Waals surface area contributed by atoms with Crippen LogP contribution < -0.4 is 0 Å². The van der Waals surface area contributed by atoms with Gasteiger partial charge in [-0.1, -0.05) is 18.9 Å². The summed E-state index contributed by atoms with van der Waals surface area (Å²) in [6.07, 6.45) is 7.63. The topological polar surface area (TPSA) is 26.3 Å². The summed E-state index contributed by atoms with van der Waals surface area (Å²) in [6.45, 7) is 7.60. The standard InChI is InChI=1S/C15H22O2/c1-5-10-15(11-8-7-9-12-15)17-13(16)14(3,4)6-2/h8,11H,6-7,9,12H2,1-4H3. The number of esters is 1. The molecule has 0 saturated heterocycles. The molecule has 0 bridgehead atoms. The van der Waals surface area contributed by atoms with E-state index in [-0.39, 0.29) is 5.97 Å². The van der Waals surface area contributed by atoms with Gasteiger partial charge in [-0.2, -0.15) is 0 Å². The van der Waals surface area contributed by atoms with Gasteiger partial charge in [0.15, 0.2) is 5.60 Å². The minimum Gasteiger partial charge on any atom is -0.442 e. The summed E-state index contributed by atoms with van der Waals surface area (Å²) in [5, 5.41) is 0. The second-order valence-corrected chi connectivity index (χ2v) is 5.19. The van der Waals surface area contributed by atoms with Crippen molar-refractivity contribution < 1.29 is 9.53 Å². The molecule has 0 amide bonds. The third-order valence-electron chi connectivity index (χ3n) is 3.35. The Balaban J connectivity index is 2.87. The highest BCUT2D eigenvalue weighted by Crippen LogP contribution is 2.30. The Bertz CT molecular complexity index is 368. The van der Waals surface area contributed by atoms with Gasteiger partial charge in [-0.05, 0) is 46.1 Å². The van der Waals surface area contributed by atoms with E-state index in [4.69, 9.17) is 4.74 Å². The molecule has 1 unspecified atom stereocenters. The van der Waals surface area contributed by atoms with Gasteiger partial charge in [-0.25, -0.2) is 0 Å². The van der Waals surface area contributed by atoms with Crippen LogP contribution in [0.1, 0.15) is 53.4 Å². The van der Waals surface area contributed by atoms with Crippen LogP contribution in [0.4, 0.5) is 0 Å². The number of rotatable bonds is 3. The molecule has 0 aromatic heterocycles. The maximum Gasteiger partial charge on any atom is 0.313 e. The van der Waals surface area contributed by atoms with E-state index < -0.39 is 11.0 Å². The van der Waals surface area contributed by atoms with Crippen LogP contribution in [-0.4, -0.2) is 11.6 Å². The van der Waals surface area contributed by atoms with Crippen molar-refractivity contribution in [3.8, 4) is 11.8 Å². The molecule has 0 heterocycles. The zero-order chi connectivity index (χ0) is 12.9. The molecule has 0 saturated carbocycles. The summed E-state index contributed by atoms with van der Waals surface area (Å²) in [4.78, 5) is 12.1. The highest BCUT2D eigenvalue weighted by Gasteiger charge is 2.36. The molecule has 2 nitrogen and oxygen atoms in total. The molecule has 0 radical (unpaired) electrons. The first-order chi connectivity index (χ1) is 7.96. The summed E-state index contributed by atoms with van der Waals surface area (Å²) >= 11 is 0. The average molecular weight is 234 g/mol. The first kappa shape index (κ1) is 13.8. The van der Waals surface area contributed by atoms with Crippen molar-refractivity contribution in [1.82, 2.24) is 0 Å². The van der Waals surface area contributed by atoms with Gasteiger partial charge >= 0.3 is 5.97 Å². The van der Waals surface area contributed by atoms with E-state index in [9.17, 15) is 4.79 Å². The molecule has 0 aromatic carbocycles. The van der Waals surface area contributed by atoms with Crippen molar-refractivity contribution in [3.05, 3.63) is 12.2 Å². The molecule has 0 N–H and O–H groups in total. The van der Waals surface area contributed by atoms with Crippen molar-refractivity contribution in [2.24, 2.45) is 5.41 Å². The van der Waals surface area contributed by atoms with Crippen molar-refractivity contribution in [2.75, 3.05) is 0 Å².